The van der Waals surface area contributed by atoms with Crippen LogP contribution in [0.4, 0.5) is 11.4 Å². The number of benzene rings is 2. The summed E-state index contributed by atoms with van der Waals surface area (Å²) in [6, 6.07) is 10.6. The number of carbonyl (C=O) groups excluding carboxylic acids is 1. The number of phenolic OH excluding ortho intramolecular Hbond substituents is 1. The number of rotatable bonds is 1. The predicted octanol–water partition coefficient (Wildman–Crippen LogP) is 2.49. The summed E-state index contributed by atoms with van der Waals surface area (Å²) in [6.07, 6.45) is 0.823. The first-order valence-electron chi connectivity index (χ1n) is 6.57. The first kappa shape index (κ1) is 12.5. The molecule has 0 radical (unpaired) electrons. The number of hydrogen-bond acceptors (Lipinski definition) is 3. The fourth-order valence-electron chi connectivity index (χ4n) is 2.63. The van der Waals surface area contributed by atoms with Gasteiger partial charge in [0.2, 0.25) is 0 Å². The molecule has 3 rings (SSSR count). The van der Waals surface area contributed by atoms with Crippen LogP contribution < -0.4 is 10.6 Å². The highest BCUT2D eigenvalue weighted by Gasteiger charge is 2.27. The predicted molar refractivity (Wildman–Crippen MR) is 79.1 cm³/mol. The number of amides is 1. The normalized spacial score (nSPS) is 13.3. The van der Waals surface area contributed by atoms with Crippen LogP contribution in [0.5, 0.6) is 5.75 Å². The van der Waals surface area contributed by atoms with Crippen molar-refractivity contribution >= 4 is 17.3 Å². The van der Waals surface area contributed by atoms with Crippen LogP contribution in [0.1, 0.15) is 21.5 Å². The van der Waals surface area contributed by atoms with Gasteiger partial charge in [-0.1, -0.05) is 12.1 Å². The highest BCUT2D eigenvalue weighted by Crippen LogP contribution is 2.34. The minimum Gasteiger partial charge on any atom is -0.508 e. The lowest BCUT2D eigenvalue weighted by Gasteiger charge is -2.19. The monoisotopic (exact) mass is 268 g/mol. The maximum atomic E-state index is 12.6. The molecule has 0 saturated heterocycles. The molecule has 1 amide bonds. The van der Waals surface area contributed by atoms with Crippen LogP contribution in [0, 0.1) is 6.92 Å². The van der Waals surface area contributed by atoms with Crippen LogP contribution in [0.15, 0.2) is 36.4 Å². The van der Waals surface area contributed by atoms with Crippen molar-refractivity contribution in [3.05, 3.63) is 53.1 Å². The molecule has 2 aromatic carbocycles. The number of para-hydroxylation sites is 1. The minimum absolute atomic E-state index is 0.0789. The van der Waals surface area contributed by atoms with E-state index in [0.717, 1.165) is 17.7 Å². The number of nitrogens with zero attached hydrogens (tertiary/aromatic N) is 1. The molecule has 0 bridgehead atoms. The molecule has 3 N–H and O–H groups in total. The third-order valence-electron chi connectivity index (χ3n) is 3.71. The summed E-state index contributed by atoms with van der Waals surface area (Å²) in [4.78, 5) is 14.3. The second-order valence-electron chi connectivity index (χ2n) is 5.06. The van der Waals surface area contributed by atoms with E-state index in [4.69, 9.17) is 5.73 Å². The van der Waals surface area contributed by atoms with E-state index in [1.165, 1.54) is 0 Å². The zero-order valence-electron chi connectivity index (χ0n) is 11.3. The zero-order chi connectivity index (χ0) is 14.3. The molecule has 102 valence electrons. The molecule has 4 nitrogen and oxygen atoms in total. The third-order valence-corrected chi connectivity index (χ3v) is 3.71. The number of anilines is 2. The molecule has 4 heteroatoms. The maximum absolute atomic E-state index is 12.6. The lowest BCUT2D eigenvalue weighted by atomic mass is 10.1. The van der Waals surface area contributed by atoms with Crippen molar-refractivity contribution in [1.82, 2.24) is 0 Å². The molecule has 2 aromatic rings. The summed E-state index contributed by atoms with van der Waals surface area (Å²) in [5.41, 5.74) is 9.81. The number of nitrogens with two attached hydrogens (primary N) is 1. The van der Waals surface area contributed by atoms with E-state index in [-0.39, 0.29) is 11.7 Å². The molecule has 0 spiro atoms. The van der Waals surface area contributed by atoms with Crippen LogP contribution in [0.3, 0.4) is 0 Å². The van der Waals surface area contributed by atoms with E-state index >= 15 is 0 Å². The molecule has 1 aliphatic rings. The summed E-state index contributed by atoms with van der Waals surface area (Å²) in [7, 11) is 0. The fourth-order valence-corrected chi connectivity index (χ4v) is 2.63. The lowest BCUT2D eigenvalue weighted by molar-refractivity contribution is 0.0989. The van der Waals surface area contributed by atoms with Gasteiger partial charge in [0.1, 0.15) is 5.75 Å². The average molecular weight is 268 g/mol. The Balaban J connectivity index is 1.99. The van der Waals surface area contributed by atoms with Crippen molar-refractivity contribution < 1.29 is 9.90 Å². The van der Waals surface area contributed by atoms with Gasteiger partial charge in [-0.05, 0) is 48.7 Å². The molecule has 0 fully saturated rings. The second-order valence-corrected chi connectivity index (χ2v) is 5.06. The van der Waals surface area contributed by atoms with Crippen LogP contribution in [-0.2, 0) is 6.42 Å². The van der Waals surface area contributed by atoms with E-state index in [2.05, 4.69) is 0 Å². The Bertz CT molecular complexity index is 695. The summed E-state index contributed by atoms with van der Waals surface area (Å²) in [6.45, 7) is 2.42. The molecule has 20 heavy (non-hydrogen) atoms. The number of carbonyl (C=O) groups is 1. The molecule has 0 unspecified atom stereocenters. The Morgan fingerprint density at radius 3 is 2.85 bits per heavy atom. The van der Waals surface area contributed by atoms with Crippen LogP contribution >= 0.6 is 0 Å². The van der Waals surface area contributed by atoms with Gasteiger partial charge in [-0.15, -0.1) is 0 Å². The topological polar surface area (TPSA) is 66.6 Å². The molecule has 1 heterocycles. The van der Waals surface area contributed by atoms with Gasteiger partial charge >= 0.3 is 0 Å². The molecular formula is C16H16N2O2. The van der Waals surface area contributed by atoms with E-state index in [1.54, 1.807) is 30.0 Å². The number of aryl methyl sites for hydroxylation is 1. The molecule has 0 aromatic heterocycles. The summed E-state index contributed by atoms with van der Waals surface area (Å²) in [5.74, 6) is 0.118. The van der Waals surface area contributed by atoms with Gasteiger partial charge in [0.05, 0.1) is 11.4 Å². The standard InChI is InChI=1S/C16H16N2O2/c1-10-9-12(5-6-14(10)19)16(20)18-8-7-11-3-2-4-13(17)15(11)18/h2-6,9,19H,7-8,17H2,1H3. The van der Waals surface area contributed by atoms with E-state index in [0.29, 0.717) is 23.4 Å². The Labute approximate surface area is 117 Å². The maximum Gasteiger partial charge on any atom is 0.258 e. The van der Waals surface area contributed by atoms with Crippen molar-refractivity contribution in [3.8, 4) is 5.75 Å². The van der Waals surface area contributed by atoms with Gasteiger partial charge in [0.25, 0.3) is 5.91 Å². The van der Waals surface area contributed by atoms with Crippen molar-refractivity contribution in [2.75, 3.05) is 17.2 Å². The molecule has 1 aliphatic heterocycles. The van der Waals surface area contributed by atoms with Gasteiger partial charge in [-0.25, -0.2) is 0 Å². The number of phenols is 1. The van der Waals surface area contributed by atoms with Gasteiger partial charge in [0.15, 0.2) is 0 Å². The largest absolute Gasteiger partial charge is 0.508 e. The van der Waals surface area contributed by atoms with Crippen LogP contribution in [-0.4, -0.2) is 17.6 Å². The highest BCUT2D eigenvalue weighted by atomic mass is 16.3. The van der Waals surface area contributed by atoms with Crippen molar-refractivity contribution in [1.29, 1.82) is 0 Å². The molecule has 0 saturated carbocycles. The van der Waals surface area contributed by atoms with Crippen molar-refractivity contribution in [2.45, 2.75) is 13.3 Å². The van der Waals surface area contributed by atoms with Gasteiger partial charge in [-0.2, -0.15) is 0 Å². The van der Waals surface area contributed by atoms with E-state index in [1.807, 2.05) is 18.2 Å². The Hall–Kier alpha value is -2.49. The first-order chi connectivity index (χ1) is 9.58. The average Bonchev–Trinajstić information content (AvgIpc) is 2.86. The SMILES string of the molecule is Cc1cc(C(=O)N2CCc3cccc(N)c32)ccc1O. The number of fused-ring (bicyclic) bond motifs is 1. The Morgan fingerprint density at radius 2 is 2.10 bits per heavy atom. The third kappa shape index (κ3) is 1.90. The lowest BCUT2D eigenvalue weighted by Crippen LogP contribution is -2.29. The molecule has 0 atom stereocenters. The molecular weight excluding hydrogens is 252 g/mol. The van der Waals surface area contributed by atoms with Gasteiger partial charge in [-0.3, -0.25) is 4.79 Å². The number of nitrogen functional groups attached to an aromatic ring is 1. The zero-order valence-corrected chi connectivity index (χ0v) is 11.3. The molecule has 0 aliphatic carbocycles. The number of hydrogen-bond donors (Lipinski definition) is 2. The highest BCUT2D eigenvalue weighted by molar-refractivity contribution is 6.09. The first-order valence-corrected chi connectivity index (χ1v) is 6.57. The van der Waals surface area contributed by atoms with Crippen molar-refractivity contribution in [3.63, 3.8) is 0 Å². The van der Waals surface area contributed by atoms with Crippen LogP contribution in [0.25, 0.3) is 0 Å². The second kappa shape index (κ2) is 4.56. The smallest absolute Gasteiger partial charge is 0.258 e. The van der Waals surface area contributed by atoms with Crippen molar-refractivity contribution in [2.24, 2.45) is 0 Å². The van der Waals surface area contributed by atoms with Crippen LogP contribution in [0.2, 0.25) is 0 Å². The van der Waals surface area contributed by atoms with Gasteiger partial charge in [0, 0.05) is 12.1 Å². The summed E-state index contributed by atoms with van der Waals surface area (Å²) < 4.78 is 0. The van der Waals surface area contributed by atoms with Gasteiger partial charge < -0.3 is 15.7 Å². The quantitative estimate of drug-likeness (QED) is 0.781. The number of aromatic hydroxyl groups is 1. The fraction of sp³-hybridized carbons (Fsp3) is 0.188. The minimum atomic E-state index is -0.0789. The summed E-state index contributed by atoms with van der Waals surface area (Å²) >= 11 is 0. The summed E-state index contributed by atoms with van der Waals surface area (Å²) in [5, 5.41) is 9.55. The Kier molecular flexibility index (Phi) is 2.86. The Morgan fingerprint density at radius 1 is 1.30 bits per heavy atom. The van der Waals surface area contributed by atoms with E-state index < -0.39 is 0 Å². The van der Waals surface area contributed by atoms with E-state index in [9.17, 15) is 9.90 Å².